The molecule has 4 rings (SSSR count). The Morgan fingerprint density at radius 3 is 2.27 bits per heavy atom. The Balaban J connectivity index is 1.62. The minimum absolute atomic E-state index is 0.147. The minimum atomic E-state index is -1.10. The molecule has 1 aromatic heterocycles. The van der Waals surface area contributed by atoms with Gasteiger partial charge in [-0.2, -0.15) is 0 Å². The van der Waals surface area contributed by atoms with E-state index < -0.39 is 11.5 Å². The molecule has 0 saturated heterocycles. The molecule has 2 N–H and O–H groups in total. The summed E-state index contributed by atoms with van der Waals surface area (Å²) in [6.45, 7) is 1.86. The number of rotatable bonds is 4. The Kier molecular flexibility index (Phi) is 4.26. The summed E-state index contributed by atoms with van der Waals surface area (Å²) in [5, 5.41) is 15.5. The summed E-state index contributed by atoms with van der Waals surface area (Å²) in [4.78, 5) is 13.9. The van der Waals surface area contributed by atoms with E-state index in [0.29, 0.717) is 11.5 Å². The van der Waals surface area contributed by atoms with Gasteiger partial charge in [-0.3, -0.25) is 4.79 Å². The van der Waals surface area contributed by atoms with Gasteiger partial charge in [0, 0.05) is 16.0 Å². The quantitative estimate of drug-likeness (QED) is 0.734. The largest absolute Gasteiger partial charge is 0.457 e. The topological polar surface area (TPSA) is 58.6 Å². The van der Waals surface area contributed by atoms with E-state index in [1.54, 1.807) is 6.92 Å². The predicted molar refractivity (Wildman–Crippen MR) is 102 cm³/mol. The summed E-state index contributed by atoms with van der Waals surface area (Å²) >= 11 is 1.47. The number of fused-ring (bicyclic) bond motifs is 2. The zero-order valence-electron chi connectivity index (χ0n) is 14.3. The van der Waals surface area contributed by atoms with Gasteiger partial charge in [-0.25, -0.2) is 0 Å². The number of thiophene rings is 1. The minimum Gasteiger partial charge on any atom is -0.457 e. The van der Waals surface area contributed by atoms with Gasteiger partial charge in [0.2, 0.25) is 5.91 Å². The lowest BCUT2D eigenvalue weighted by Crippen LogP contribution is -2.40. The van der Waals surface area contributed by atoms with Crippen molar-refractivity contribution in [2.75, 3.05) is 6.54 Å². The van der Waals surface area contributed by atoms with E-state index in [1.165, 1.54) is 11.3 Å². The molecule has 0 aliphatic carbocycles. The first-order chi connectivity index (χ1) is 12.6. The average Bonchev–Trinajstić information content (AvgIpc) is 3.20. The van der Waals surface area contributed by atoms with Crippen LogP contribution in [0.15, 0.2) is 66.0 Å². The third-order valence-electron chi connectivity index (χ3n) is 4.60. The van der Waals surface area contributed by atoms with Crippen LogP contribution in [0.2, 0.25) is 0 Å². The Morgan fingerprint density at radius 2 is 1.69 bits per heavy atom. The predicted octanol–water partition coefficient (Wildman–Crippen LogP) is 4.01. The highest BCUT2D eigenvalue weighted by atomic mass is 32.1. The fraction of sp³-hybridized carbons (Fsp3) is 0.190. The fourth-order valence-corrected chi connectivity index (χ4v) is 4.01. The Labute approximate surface area is 156 Å². The van der Waals surface area contributed by atoms with Gasteiger partial charge in [-0.1, -0.05) is 42.5 Å². The highest BCUT2D eigenvalue weighted by Gasteiger charge is 2.34. The first-order valence-corrected chi connectivity index (χ1v) is 9.34. The maximum absolute atomic E-state index is 13.1. The second kappa shape index (κ2) is 6.59. The van der Waals surface area contributed by atoms with E-state index in [9.17, 15) is 9.90 Å². The third kappa shape index (κ3) is 3.00. The van der Waals surface area contributed by atoms with Crippen LogP contribution in [0.1, 0.15) is 28.8 Å². The highest BCUT2D eigenvalue weighted by Crippen LogP contribution is 2.43. The Morgan fingerprint density at radius 1 is 1.08 bits per heavy atom. The number of ether oxygens (including phenoxy) is 1. The van der Waals surface area contributed by atoms with Crippen molar-refractivity contribution in [3.8, 4) is 11.5 Å². The molecule has 1 aliphatic heterocycles. The van der Waals surface area contributed by atoms with E-state index in [1.807, 2.05) is 66.0 Å². The standard InChI is InChI=1S/C21H19NO3S/c1-21(24,18-11-6-12-26-18)13-22-20(23)19-14-7-2-4-9-16(14)25-17-10-5-3-8-15(17)19/h2-12,19,24H,13H2,1H3,(H,22,23)/t21-/m0/s1. The molecule has 1 amide bonds. The maximum Gasteiger partial charge on any atom is 0.232 e. The fourth-order valence-electron chi connectivity index (χ4n) is 3.23. The number of hydrogen-bond donors (Lipinski definition) is 2. The summed E-state index contributed by atoms with van der Waals surface area (Å²) in [7, 11) is 0. The van der Waals surface area contributed by atoms with Crippen molar-refractivity contribution in [3.63, 3.8) is 0 Å². The molecular weight excluding hydrogens is 346 g/mol. The molecule has 0 saturated carbocycles. The lowest BCUT2D eigenvalue weighted by Gasteiger charge is -2.29. The normalized spacial score (nSPS) is 15.3. The molecule has 0 fully saturated rings. The number of amides is 1. The van der Waals surface area contributed by atoms with Crippen molar-refractivity contribution in [1.29, 1.82) is 0 Å². The van der Waals surface area contributed by atoms with E-state index >= 15 is 0 Å². The maximum atomic E-state index is 13.1. The van der Waals surface area contributed by atoms with Crippen molar-refractivity contribution >= 4 is 17.2 Å². The van der Waals surface area contributed by atoms with Gasteiger partial charge in [0.1, 0.15) is 17.1 Å². The van der Waals surface area contributed by atoms with E-state index in [4.69, 9.17) is 4.74 Å². The molecule has 5 heteroatoms. The SMILES string of the molecule is C[C@](O)(CNC(=O)C1c2ccccc2Oc2ccccc21)c1cccs1. The molecule has 3 aromatic rings. The monoisotopic (exact) mass is 365 g/mol. The Bertz CT molecular complexity index is 888. The summed E-state index contributed by atoms with van der Waals surface area (Å²) in [5.74, 6) is 0.771. The summed E-state index contributed by atoms with van der Waals surface area (Å²) < 4.78 is 5.93. The second-order valence-corrected chi connectivity index (χ2v) is 7.53. The number of nitrogens with one attached hydrogen (secondary N) is 1. The van der Waals surface area contributed by atoms with E-state index in [-0.39, 0.29) is 12.5 Å². The van der Waals surface area contributed by atoms with E-state index in [2.05, 4.69) is 5.32 Å². The van der Waals surface area contributed by atoms with Crippen LogP contribution in [-0.2, 0) is 10.4 Å². The smallest absolute Gasteiger partial charge is 0.232 e. The zero-order chi connectivity index (χ0) is 18.1. The van der Waals surface area contributed by atoms with Crippen molar-refractivity contribution < 1.29 is 14.6 Å². The molecule has 4 nitrogen and oxygen atoms in total. The van der Waals surface area contributed by atoms with Gasteiger partial charge >= 0.3 is 0 Å². The lowest BCUT2D eigenvalue weighted by atomic mass is 9.87. The van der Waals surface area contributed by atoms with Gasteiger partial charge in [0.05, 0.1) is 12.5 Å². The number of para-hydroxylation sites is 2. The first-order valence-electron chi connectivity index (χ1n) is 8.46. The number of benzene rings is 2. The van der Waals surface area contributed by atoms with Crippen LogP contribution in [0.4, 0.5) is 0 Å². The number of aliphatic hydroxyl groups is 1. The molecular formula is C21H19NO3S. The van der Waals surface area contributed by atoms with Gasteiger partial charge in [0.15, 0.2) is 0 Å². The van der Waals surface area contributed by atoms with Crippen LogP contribution < -0.4 is 10.1 Å². The number of carbonyl (C=O) groups is 1. The Hall–Kier alpha value is -2.63. The van der Waals surface area contributed by atoms with Gasteiger partial charge < -0.3 is 15.2 Å². The molecule has 0 radical (unpaired) electrons. The van der Waals surface area contributed by atoms with Crippen LogP contribution >= 0.6 is 11.3 Å². The first kappa shape index (κ1) is 16.8. The molecule has 2 aromatic carbocycles. The van der Waals surface area contributed by atoms with Crippen LogP contribution in [0, 0.1) is 0 Å². The van der Waals surface area contributed by atoms with E-state index in [0.717, 1.165) is 16.0 Å². The van der Waals surface area contributed by atoms with Crippen molar-refractivity contribution in [2.45, 2.75) is 18.4 Å². The van der Waals surface area contributed by atoms with Crippen LogP contribution in [-0.4, -0.2) is 17.6 Å². The molecule has 1 aliphatic rings. The number of hydrogen-bond acceptors (Lipinski definition) is 4. The van der Waals surface area contributed by atoms with Crippen LogP contribution in [0.25, 0.3) is 0 Å². The third-order valence-corrected chi connectivity index (χ3v) is 5.72. The molecule has 2 heterocycles. The van der Waals surface area contributed by atoms with Crippen LogP contribution in [0.3, 0.4) is 0 Å². The van der Waals surface area contributed by atoms with Gasteiger partial charge in [-0.05, 0) is 30.5 Å². The molecule has 132 valence electrons. The average molecular weight is 365 g/mol. The van der Waals surface area contributed by atoms with Crippen molar-refractivity contribution in [3.05, 3.63) is 82.0 Å². The van der Waals surface area contributed by atoms with Gasteiger partial charge in [0.25, 0.3) is 0 Å². The highest BCUT2D eigenvalue weighted by molar-refractivity contribution is 7.10. The zero-order valence-corrected chi connectivity index (χ0v) is 15.1. The van der Waals surface area contributed by atoms with Crippen LogP contribution in [0.5, 0.6) is 11.5 Å². The van der Waals surface area contributed by atoms with Crippen molar-refractivity contribution in [1.82, 2.24) is 5.32 Å². The molecule has 0 spiro atoms. The second-order valence-electron chi connectivity index (χ2n) is 6.58. The summed E-state index contributed by atoms with van der Waals surface area (Å²) in [5.41, 5.74) is 0.563. The number of carbonyl (C=O) groups excluding carboxylic acids is 1. The molecule has 0 unspecified atom stereocenters. The van der Waals surface area contributed by atoms with Crippen molar-refractivity contribution in [2.24, 2.45) is 0 Å². The molecule has 26 heavy (non-hydrogen) atoms. The lowest BCUT2D eigenvalue weighted by molar-refractivity contribution is -0.123. The molecule has 0 bridgehead atoms. The molecule has 1 atom stereocenters. The summed E-state index contributed by atoms with van der Waals surface area (Å²) in [6.07, 6.45) is 0. The summed E-state index contributed by atoms with van der Waals surface area (Å²) in [6, 6.07) is 18.9. The van der Waals surface area contributed by atoms with Gasteiger partial charge in [-0.15, -0.1) is 11.3 Å².